The van der Waals surface area contributed by atoms with Crippen LogP contribution >= 0.6 is 15.9 Å². The molecule has 1 aromatic heterocycles. The number of pyridine rings is 1. The van der Waals surface area contributed by atoms with Crippen LogP contribution in [0.5, 0.6) is 11.6 Å². The molecule has 0 bridgehead atoms. The number of rotatable bonds is 6. The van der Waals surface area contributed by atoms with Gasteiger partial charge in [-0.15, -0.1) is 0 Å². The van der Waals surface area contributed by atoms with Crippen molar-refractivity contribution >= 4 is 33.9 Å². The quantitative estimate of drug-likeness (QED) is 0.553. The van der Waals surface area contributed by atoms with Gasteiger partial charge in [0.1, 0.15) is 11.4 Å². The molecule has 0 spiro atoms. The Kier molecular flexibility index (Phi) is 6.18. The van der Waals surface area contributed by atoms with Crippen LogP contribution in [-0.4, -0.2) is 22.0 Å². The van der Waals surface area contributed by atoms with Crippen molar-refractivity contribution in [2.45, 2.75) is 0 Å². The highest BCUT2D eigenvalue weighted by molar-refractivity contribution is 9.10. The van der Waals surface area contributed by atoms with Crippen LogP contribution in [0.15, 0.2) is 83.1 Å². The molecule has 3 rings (SSSR count). The number of ether oxygens (including phenoxy) is 1. The lowest BCUT2D eigenvalue weighted by molar-refractivity contribution is -0.132. The number of hydrogen-bond acceptors (Lipinski definition) is 4. The Morgan fingerprint density at radius 3 is 2.36 bits per heavy atom. The summed E-state index contributed by atoms with van der Waals surface area (Å²) in [5.74, 6) is -0.759. The molecule has 28 heavy (non-hydrogen) atoms. The second kappa shape index (κ2) is 8.96. The molecule has 0 fully saturated rings. The SMILES string of the molecule is O=C(O)/C(=C\c1ccc(Oc2ncccc2Br)cc1)NC(=O)c1ccccc1. The van der Waals surface area contributed by atoms with Crippen LogP contribution < -0.4 is 10.1 Å². The smallest absolute Gasteiger partial charge is 0.352 e. The summed E-state index contributed by atoms with van der Waals surface area (Å²) in [4.78, 5) is 27.8. The van der Waals surface area contributed by atoms with Crippen LogP contribution in [0.1, 0.15) is 15.9 Å². The zero-order valence-electron chi connectivity index (χ0n) is 14.5. The molecule has 0 unspecified atom stereocenters. The van der Waals surface area contributed by atoms with Crippen LogP contribution in [0.25, 0.3) is 6.08 Å². The molecule has 7 heteroatoms. The molecule has 2 N–H and O–H groups in total. The second-order valence-electron chi connectivity index (χ2n) is 5.64. The van der Waals surface area contributed by atoms with E-state index in [-0.39, 0.29) is 5.70 Å². The molecule has 6 nitrogen and oxygen atoms in total. The number of amides is 1. The van der Waals surface area contributed by atoms with Crippen molar-refractivity contribution < 1.29 is 19.4 Å². The van der Waals surface area contributed by atoms with E-state index in [1.165, 1.54) is 6.08 Å². The molecule has 1 heterocycles. The van der Waals surface area contributed by atoms with Crippen molar-refractivity contribution in [2.75, 3.05) is 0 Å². The molecule has 0 aliphatic rings. The van der Waals surface area contributed by atoms with Gasteiger partial charge in [0, 0.05) is 11.8 Å². The third-order valence-corrected chi connectivity index (χ3v) is 4.25. The van der Waals surface area contributed by atoms with Gasteiger partial charge in [-0.1, -0.05) is 30.3 Å². The van der Waals surface area contributed by atoms with E-state index in [0.717, 1.165) is 4.47 Å². The molecule has 0 saturated heterocycles. The Labute approximate surface area is 169 Å². The van der Waals surface area contributed by atoms with E-state index in [1.807, 2.05) is 6.07 Å². The minimum Gasteiger partial charge on any atom is -0.477 e. The van der Waals surface area contributed by atoms with Gasteiger partial charge in [0.05, 0.1) is 4.47 Å². The average molecular weight is 439 g/mol. The van der Waals surface area contributed by atoms with Gasteiger partial charge in [0.15, 0.2) is 0 Å². The molecular formula is C21H15BrN2O4. The van der Waals surface area contributed by atoms with E-state index >= 15 is 0 Å². The first-order valence-electron chi connectivity index (χ1n) is 8.23. The number of halogens is 1. The van der Waals surface area contributed by atoms with Crippen molar-refractivity contribution in [3.05, 3.63) is 94.2 Å². The van der Waals surface area contributed by atoms with Crippen LogP contribution in [0.2, 0.25) is 0 Å². The van der Waals surface area contributed by atoms with Gasteiger partial charge in [-0.3, -0.25) is 4.79 Å². The van der Waals surface area contributed by atoms with Gasteiger partial charge in [0.2, 0.25) is 5.88 Å². The van der Waals surface area contributed by atoms with Gasteiger partial charge < -0.3 is 15.2 Å². The molecule has 0 aliphatic heterocycles. The number of aliphatic carboxylic acids is 1. The standard InChI is InChI=1S/C21H15BrN2O4/c22-17-7-4-12-23-20(17)28-16-10-8-14(9-11-16)13-18(21(26)27)24-19(25)15-5-2-1-3-6-15/h1-13H,(H,24,25)(H,26,27)/b18-13+. The number of carbonyl (C=O) groups is 2. The fourth-order valence-electron chi connectivity index (χ4n) is 2.29. The second-order valence-corrected chi connectivity index (χ2v) is 6.50. The van der Waals surface area contributed by atoms with E-state index < -0.39 is 11.9 Å². The van der Waals surface area contributed by atoms with Crippen molar-refractivity contribution in [3.63, 3.8) is 0 Å². The van der Waals surface area contributed by atoms with E-state index in [0.29, 0.717) is 22.8 Å². The zero-order valence-corrected chi connectivity index (χ0v) is 16.1. The molecule has 2 aromatic carbocycles. The normalized spacial score (nSPS) is 11.0. The highest BCUT2D eigenvalue weighted by Gasteiger charge is 2.13. The minimum atomic E-state index is -1.23. The summed E-state index contributed by atoms with van der Waals surface area (Å²) in [6, 6.07) is 18.7. The summed E-state index contributed by atoms with van der Waals surface area (Å²) in [6.45, 7) is 0. The summed E-state index contributed by atoms with van der Waals surface area (Å²) in [7, 11) is 0. The topological polar surface area (TPSA) is 88.5 Å². The predicted molar refractivity (Wildman–Crippen MR) is 108 cm³/mol. The molecule has 140 valence electrons. The van der Waals surface area contributed by atoms with Gasteiger partial charge >= 0.3 is 5.97 Å². The molecule has 0 atom stereocenters. The van der Waals surface area contributed by atoms with Gasteiger partial charge in [0.25, 0.3) is 5.91 Å². The van der Waals surface area contributed by atoms with E-state index in [1.54, 1.807) is 66.9 Å². The predicted octanol–water partition coefficient (Wildman–Crippen LogP) is 4.49. The van der Waals surface area contributed by atoms with Crippen LogP contribution in [0.3, 0.4) is 0 Å². The van der Waals surface area contributed by atoms with Crippen molar-refractivity contribution in [1.82, 2.24) is 10.3 Å². The van der Waals surface area contributed by atoms with Crippen LogP contribution in [-0.2, 0) is 4.79 Å². The minimum absolute atomic E-state index is 0.227. The summed E-state index contributed by atoms with van der Waals surface area (Å²) in [6.07, 6.45) is 3.00. The van der Waals surface area contributed by atoms with Gasteiger partial charge in [-0.05, 0) is 64.0 Å². The maximum Gasteiger partial charge on any atom is 0.352 e. The lowest BCUT2D eigenvalue weighted by Crippen LogP contribution is -2.27. The molecule has 0 radical (unpaired) electrons. The lowest BCUT2D eigenvalue weighted by Gasteiger charge is -2.08. The van der Waals surface area contributed by atoms with Gasteiger partial charge in [-0.2, -0.15) is 0 Å². The van der Waals surface area contributed by atoms with Crippen molar-refractivity contribution in [2.24, 2.45) is 0 Å². The van der Waals surface area contributed by atoms with Crippen LogP contribution in [0, 0.1) is 0 Å². The Bertz CT molecular complexity index is 1020. The number of nitrogens with zero attached hydrogens (tertiary/aromatic N) is 1. The monoisotopic (exact) mass is 438 g/mol. The summed E-state index contributed by atoms with van der Waals surface area (Å²) >= 11 is 3.36. The molecule has 1 amide bonds. The maximum atomic E-state index is 12.2. The first kappa shape index (κ1) is 19.3. The summed E-state index contributed by atoms with van der Waals surface area (Å²) in [5, 5.41) is 11.8. The van der Waals surface area contributed by atoms with Crippen molar-refractivity contribution in [1.29, 1.82) is 0 Å². The summed E-state index contributed by atoms with van der Waals surface area (Å²) < 4.78 is 6.39. The first-order chi connectivity index (χ1) is 13.5. The Balaban J connectivity index is 1.75. The lowest BCUT2D eigenvalue weighted by atomic mass is 10.1. The third-order valence-electron chi connectivity index (χ3n) is 3.64. The zero-order chi connectivity index (χ0) is 19.9. The number of carbonyl (C=O) groups excluding carboxylic acids is 1. The fraction of sp³-hybridized carbons (Fsp3) is 0. The van der Waals surface area contributed by atoms with Gasteiger partial charge in [-0.25, -0.2) is 9.78 Å². The Morgan fingerprint density at radius 1 is 1.00 bits per heavy atom. The first-order valence-corrected chi connectivity index (χ1v) is 9.02. The number of nitrogens with one attached hydrogen (secondary N) is 1. The van der Waals surface area contributed by atoms with E-state index in [4.69, 9.17) is 4.74 Å². The van der Waals surface area contributed by atoms with Crippen molar-refractivity contribution in [3.8, 4) is 11.6 Å². The Morgan fingerprint density at radius 2 is 1.71 bits per heavy atom. The number of benzene rings is 2. The third kappa shape index (κ3) is 5.05. The largest absolute Gasteiger partial charge is 0.477 e. The highest BCUT2D eigenvalue weighted by atomic mass is 79.9. The average Bonchev–Trinajstić information content (AvgIpc) is 2.71. The Hall–Kier alpha value is -3.45. The molecule has 0 saturated carbocycles. The number of hydrogen-bond donors (Lipinski definition) is 2. The molecular weight excluding hydrogens is 424 g/mol. The highest BCUT2D eigenvalue weighted by Crippen LogP contribution is 2.27. The maximum absolute atomic E-state index is 12.2. The van der Waals surface area contributed by atoms with E-state index in [9.17, 15) is 14.7 Å². The fourth-order valence-corrected chi connectivity index (χ4v) is 2.63. The molecule has 3 aromatic rings. The number of carboxylic acids is 1. The number of carboxylic acid groups (broad SMARTS) is 1. The van der Waals surface area contributed by atoms with E-state index in [2.05, 4.69) is 26.2 Å². The summed E-state index contributed by atoms with van der Waals surface area (Å²) in [5.41, 5.74) is 0.743. The number of aromatic nitrogens is 1. The molecule has 0 aliphatic carbocycles. The van der Waals surface area contributed by atoms with Crippen LogP contribution in [0.4, 0.5) is 0 Å².